The zero-order valence-corrected chi connectivity index (χ0v) is 12.7. The minimum Gasteiger partial charge on any atom is -0.494 e. The maximum Gasteiger partial charge on any atom is 0.282 e. The van der Waals surface area contributed by atoms with Crippen molar-refractivity contribution in [2.24, 2.45) is 0 Å². The molecule has 0 spiro atoms. The number of para-hydroxylation sites is 1. The van der Waals surface area contributed by atoms with Gasteiger partial charge < -0.3 is 4.74 Å². The maximum absolute atomic E-state index is 12.4. The Balaban J connectivity index is 1.66. The Morgan fingerprint density at radius 2 is 1.75 bits per heavy atom. The van der Waals surface area contributed by atoms with E-state index in [1.807, 2.05) is 30.3 Å². The van der Waals surface area contributed by atoms with Crippen molar-refractivity contribution in [2.45, 2.75) is 6.42 Å². The fraction of sp³-hybridized carbons (Fsp3) is 0.176. The van der Waals surface area contributed by atoms with Crippen molar-refractivity contribution in [1.29, 1.82) is 0 Å². The Morgan fingerprint density at radius 3 is 2.46 bits per heavy atom. The summed E-state index contributed by atoms with van der Waals surface area (Å²) >= 11 is 0. The SMILES string of the molecule is O=C1c2cccc([N+](=O)[O-])c2C(=O)N1CCCOc1ccccc1. The summed E-state index contributed by atoms with van der Waals surface area (Å²) in [6, 6.07) is 13.3. The van der Waals surface area contributed by atoms with Crippen molar-refractivity contribution >= 4 is 17.5 Å². The molecular weight excluding hydrogens is 312 g/mol. The lowest BCUT2D eigenvalue weighted by molar-refractivity contribution is -0.385. The van der Waals surface area contributed by atoms with Crippen molar-refractivity contribution in [3.8, 4) is 5.75 Å². The molecule has 1 aliphatic rings. The number of ether oxygens (including phenoxy) is 1. The summed E-state index contributed by atoms with van der Waals surface area (Å²) in [6.07, 6.45) is 0.439. The summed E-state index contributed by atoms with van der Waals surface area (Å²) in [6.45, 7) is 0.482. The highest BCUT2D eigenvalue weighted by molar-refractivity contribution is 6.23. The lowest BCUT2D eigenvalue weighted by Crippen LogP contribution is -2.31. The summed E-state index contributed by atoms with van der Waals surface area (Å²) in [5, 5.41) is 11.0. The molecule has 0 fully saturated rings. The van der Waals surface area contributed by atoms with E-state index in [0.29, 0.717) is 18.8 Å². The molecular formula is C17H14N2O5. The van der Waals surface area contributed by atoms with Gasteiger partial charge in [0.05, 0.1) is 17.1 Å². The van der Waals surface area contributed by atoms with E-state index in [4.69, 9.17) is 4.74 Å². The largest absolute Gasteiger partial charge is 0.494 e. The molecule has 122 valence electrons. The number of benzene rings is 2. The van der Waals surface area contributed by atoms with E-state index in [-0.39, 0.29) is 23.4 Å². The van der Waals surface area contributed by atoms with Gasteiger partial charge in [0.25, 0.3) is 17.5 Å². The van der Waals surface area contributed by atoms with Crippen LogP contribution in [0.1, 0.15) is 27.1 Å². The molecule has 2 amide bonds. The van der Waals surface area contributed by atoms with Gasteiger partial charge in [0.2, 0.25) is 0 Å². The molecule has 0 radical (unpaired) electrons. The number of nitro groups is 1. The van der Waals surface area contributed by atoms with Crippen molar-refractivity contribution in [1.82, 2.24) is 4.90 Å². The molecule has 0 bridgehead atoms. The smallest absolute Gasteiger partial charge is 0.282 e. The van der Waals surface area contributed by atoms with Crippen LogP contribution in [0.4, 0.5) is 5.69 Å². The van der Waals surface area contributed by atoms with E-state index in [1.165, 1.54) is 18.2 Å². The van der Waals surface area contributed by atoms with Crippen LogP contribution in [0.25, 0.3) is 0 Å². The zero-order chi connectivity index (χ0) is 17.1. The summed E-state index contributed by atoms with van der Waals surface area (Å²) in [5.41, 5.74) is -0.386. The minimum atomic E-state index is -0.647. The molecule has 0 atom stereocenters. The van der Waals surface area contributed by atoms with Crippen molar-refractivity contribution in [3.63, 3.8) is 0 Å². The molecule has 0 aromatic heterocycles. The monoisotopic (exact) mass is 326 g/mol. The first-order valence-corrected chi connectivity index (χ1v) is 7.41. The molecule has 0 aliphatic carbocycles. The van der Waals surface area contributed by atoms with Gasteiger partial charge >= 0.3 is 0 Å². The average Bonchev–Trinajstić information content (AvgIpc) is 2.84. The highest BCUT2D eigenvalue weighted by Gasteiger charge is 2.40. The fourth-order valence-electron chi connectivity index (χ4n) is 2.60. The number of carbonyl (C=O) groups excluding carboxylic acids is 2. The fourth-order valence-corrected chi connectivity index (χ4v) is 2.60. The van der Waals surface area contributed by atoms with Crippen molar-refractivity contribution < 1.29 is 19.2 Å². The van der Waals surface area contributed by atoms with Gasteiger partial charge in [-0.05, 0) is 24.6 Å². The normalized spacial score (nSPS) is 13.1. The topological polar surface area (TPSA) is 89.8 Å². The zero-order valence-electron chi connectivity index (χ0n) is 12.7. The average molecular weight is 326 g/mol. The first-order valence-electron chi connectivity index (χ1n) is 7.41. The van der Waals surface area contributed by atoms with Gasteiger partial charge in [0, 0.05) is 12.6 Å². The standard InChI is InChI=1S/C17H14N2O5/c20-16-13-8-4-9-14(19(22)23)15(13)17(21)18(16)10-5-11-24-12-6-2-1-3-7-12/h1-4,6-9H,5,10-11H2. The third kappa shape index (κ3) is 2.83. The van der Waals surface area contributed by atoms with Crippen LogP contribution < -0.4 is 4.74 Å². The van der Waals surface area contributed by atoms with E-state index in [0.717, 1.165) is 4.90 Å². The molecule has 3 rings (SSSR count). The lowest BCUT2D eigenvalue weighted by atomic mass is 10.1. The van der Waals surface area contributed by atoms with Gasteiger partial charge in [-0.15, -0.1) is 0 Å². The van der Waals surface area contributed by atoms with Crippen LogP contribution in [0.2, 0.25) is 0 Å². The second kappa shape index (κ2) is 6.49. The van der Waals surface area contributed by atoms with Gasteiger partial charge in [-0.2, -0.15) is 0 Å². The highest BCUT2D eigenvalue weighted by atomic mass is 16.6. The number of nitro benzene ring substituents is 1. The third-order valence-electron chi connectivity index (χ3n) is 3.71. The first-order chi connectivity index (χ1) is 11.6. The first kappa shape index (κ1) is 15.7. The second-order valence-corrected chi connectivity index (χ2v) is 5.23. The van der Waals surface area contributed by atoms with Crippen LogP contribution in [-0.4, -0.2) is 34.8 Å². The Bertz CT molecular complexity index is 804. The number of rotatable bonds is 6. The summed E-state index contributed by atoms with van der Waals surface area (Å²) in [4.78, 5) is 36.1. The van der Waals surface area contributed by atoms with Crippen LogP contribution in [0, 0.1) is 10.1 Å². The molecule has 0 saturated carbocycles. The number of imide groups is 1. The van der Waals surface area contributed by atoms with Crippen LogP contribution in [0.15, 0.2) is 48.5 Å². The Morgan fingerprint density at radius 1 is 1.00 bits per heavy atom. The van der Waals surface area contributed by atoms with Crippen LogP contribution in [0.3, 0.4) is 0 Å². The Hall–Kier alpha value is -3.22. The highest BCUT2D eigenvalue weighted by Crippen LogP contribution is 2.30. The summed E-state index contributed by atoms with van der Waals surface area (Å²) in [7, 11) is 0. The number of carbonyl (C=O) groups is 2. The number of amides is 2. The van der Waals surface area contributed by atoms with E-state index >= 15 is 0 Å². The Kier molecular flexibility index (Phi) is 4.24. The molecule has 0 unspecified atom stereocenters. The second-order valence-electron chi connectivity index (χ2n) is 5.23. The quantitative estimate of drug-likeness (QED) is 0.352. The molecule has 0 saturated heterocycles. The van der Waals surface area contributed by atoms with Gasteiger partial charge in [-0.1, -0.05) is 24.3 Å². The molecule has 0 N–H and O–H groups in total. The molecule has 1 heterocycles. The third-order valence-corrected chi connectivity index (χ3v) is 3.71. The van der Waals surface area contributed by atoms with E-state index in [9.17, 15) is 19.7 Å². The van der Waals surface area contributed by atoms with Crippen molar-refractivity contribution in [2.75, 3.05) is 13.2 Å². The van der Waals surface area contributed by atoms with Gasteiger partial charge in [0.15, 0.2) is 0 Å². The number of nitrogens with zero attached hydrogens (tertiary/aromatic N) is 2. The van der Waals surface area contributed by atoms with E-state index < -0.39 is 16.7 Å². The van der Waals surface area contributed by atoms with Gasteiger partial charge in [-0.25, -0.2) is 0 Å². The predicted molar refractivity (Wildman–Crippen MR) is 85.0 cm³/mol. The lowest BCUT2D eigenvalue weighted by Gasteiger charge is -2.13. The molecule has 7 nitrogen and oxygen atoms in total. The molecule has 7 heteroatoms. The number of fused-ring (bicyclic) bond motifs is 1. The predicted octanol–water partition coefficient (Wildman–Crippen LogP) is 2.66. The molecule has 2 aromatic rings. The van der Waals surface area contributed by atoms with E-state index in [1.54, 1.807) is 0 Å². The maximum atomic E-state index is 12.4. The van der Waals surface area contributed by atoms with Gasteiger partial charge in [0.1, 0.15) is 11.3 Å². The number of hydrogen-bond donors (Lipinski definition) is 0. The van der Waals surface area contributed by atoms with Crippen LogP contribution >= 0.6 is 0 Å². The molecule has 1 aliphatic heterocycles. The van der Waals surface area contributed by atoms with Crippen LogP contribution in [0.5, 0.6) is 5.75 Å². The number of hydrogen-bond acceptors (Lipinski definition) is 5. The Labute approximate surface area is 137 Å². The molecule has 2 aromatic carbocycles. The summed E-state index contributed by atoms with van der Waals surface area (Å²) < 4.78 is 5.52. The summed E-state index contributed by atoms with van der Waals surface area (Å²) in [5.74, 6) is -0.420. The van der Waals surface area contributed by atoms with Crippen molar-refractivity contribution in [3.05, 3.63) is 69.8 Å². The minimum absolute atomic E-state index is 0.0816. The van der Waals surface area contributed by atoms with Gasteiger partial charge in [-0.3, -0.25) is 24.6 Å². The van der Waals surface area contributed by atoms with Crippen LogP contribution in [-0.2, 0) is 0 Å². The molecule has 24 heavy (non-hydrogen) atoms. The van der Waals surface area contributed by atoms with E-state index in [2.05, 4.69) is 0 Å².